The Balaban J connectivity index is 2.31. The van der Waals surface area contributed by atoms with Gasteiger partial charge in [-0.15, -0.1) is 0 Å². The first kappa shape index (κ1) is 17.9. The number of carbonyl (C=O) groups excluding carboxylic acids is 1. The lowest BCUT2D eigenvalue weighted by Gasteiger charge is -2.12. The van der Waals surface area contributed by atoms with Crippen molar-refractivity contribution in [2.45, 2.75) is 19.9 Å². The zero-order valence-corrected chi connectivity index (χ0v) is 13.5. The van der Waals surface area contributed by atoms with E-state index in [0.717, 1.165) is 4.68 Å². The largest absolute Gasteiger partial charge is 0.494 e. The Bertz CT molecular complexity index is 816. The third-order valence-corrected chi connectivity index (χ3v) is 3.35. The molecule has 0 spiro atoms. The van der Waals surface area contributed by atoms with Gasteiger partial charge in [0.2, 0.25) is 0 Å². The molecule has 0 fully saturated rings. The van der Waals surface area contributed by atoms with E-state index < -0.39 is 22.8 Å². The van der Waals surface area contributed by atoms with Crippen LogP contribution in [0.1, 0.15) is 30.4 Å². The number of carbonyl (C=O) groups is 2. The van der Waals surface area contributed by atoms with Crippen LogP contribution in [0.5, 0.6) is 5.75 Å². The van der Waals surface area contributed by atoms with Gasteiger partial charge in [-0.25, -0.2) is 9.48 Å². The lowest BCUT2D eigenvalue weighted by molar-refractivity contribution is -0.384. The number of hydrogen-bond donors (Lipinski definition) is 2. The molecule has 132 valence electrons. The Labute approximate surface area is 142 Å². The maximum Gasteiger partial charge on any atom is 0.328 e. The van der Waals surface area contributed by atoms with Crippen molar-refractivity contribution >= 4 is 23.3 Å². The molecule has 1 aromatic heterocycles. The van der Waals surface area contributed by atoms with Crippen molar-refractivity contribution in [1.82, 2.24) is 9.78 Å². The third-order valence-electron chi connectivity index (χ3n) is 3.35. The van der Waals surface area contributed by atoms with E-state index in [1.165, 1.54) is 37.4 Å². The summed E-state index contributed by atoms with van der Waals surface area (Å²) in [7, 11) is 0. The van der Waals surface area contributed by atoms with Crippen molar-refractivity contribution in [1.29, 1.82) is 0 Å². The number of nitro groups is 1. The summed E-state index contributed by atoms with van der Waals surface area (Å²) >= 11 is 0. The van der Waals surface area contributed by atoms with Gasteiger partial charge < -0.3 is 15.2 Å². The summed E-state index contributed by atoms with van der Waals surface area (Å²) in [6.07, 6.45) is 1.28. The van der Waals surface area contributed by atoms with Gasteiger partial charge in [-0.05, 0) is 32.0 Å². The summed E-state index contributed by atoms with van der Waals surface area (Å²) in [6.45, 7) is 3.45. The van der Waals surface area contributed by atoms with Crippen LogP contribution in [-0.2, 0) is 4.79 Å². The molecule has 2 N–H and O–H groups in total. The number of nitrogens with zero attached hydrogens (tertiary/aromatic N) is 3. The van der Waals surface area contributed by atoms with Gasteiger partial charge in [-0.1, -0.05) is 0 Å². The molecule has 10 nitrogen and oxygen atoms in total. The summed E-state index contributed by atoms with van der Waals surface area (Å²) in [6, 6.07) is 4.31. The summed E-state index contributed by atoms with van der Waals surface area (Å²) in [5, 5.41) is 26.5. The molecule has 0 saturated heterocycles. The zero-order valence-electron chi connectivity index (χ0n) is 13.5. The second-order valence-electron chi connectivity index (χ2n) is 5.00. The van der Waals surface area contributed by atoms with Crippen LogP contribution in [0.15, 0.2) is 30.5 Å². The van der Waals surface area contributed by atoms with Crippen molar-refractivity contribution in [3.05, 3.63) is 46.3 Å². The fraction of sp³-hybridized carbons (Fsp3) is 0.267. The predicted octanol–water partition coefficient (Wildman–Crippen LogP) is 2.09. The van der Waals surface area contributed by atoms with Crippen molar-refractivity contribution in [3.63, 3.8) is 0 Å². The number of rotatable bonds is 7. The van der Waals surface area contributed by atoms with E-state index in [1.54, 1.807) is 6.92 Å². The summed E-state index contributed by atoms with van der Waals surface area (Å²) in [4.78, 5) is 34.0. The molecule has 0 bridgehead atoms. The molecule has 25 heavy (non-hydrogen) atoms. The standard InChI is InChI=1S/C15H16N4O6/c1-3-25-10-4-5-11(13(8-10)19(23)24)17-14(20)12-6-7-16-18(12)9(2)15(21)22/h4-9H,3H2,1-2H3,(H,17,20)(H,21,22). The number of hydrogen-bond acceptors (Lipinski definition) is 6. The number of amides is 1. The minimum atomic E-state index is -1.16. The van der Waals surface area contributed by atoms with E-state index in [4.69, 9.17) is 9.84 Å². The highest BCUT2D eigenvalue weighted by atomic mass is 16.6. The second-order valence-corrected chi connectivity index (χ2v) is 5.00. The highest BCUT2D eigenvalue weighted by molar-refractivity contribution is 6.04. The molecule has 0 radical (unpaired) electrons. The Morgan fingerprint density at radius 3 is 2.76 bits per heavy atom. The van der Waals surface area contributed by atoms with Crippen molar-refractivity contribution < 1.29 is 24.4 Å². The second kappa shape index (κ2) is 7.43. The maximum atomic E-state index is 12.4. The number of carboxylic acid groups (broad SMARTS) is 1. The van der Waals surface area contributed by atoms with Gasteiger partial charge in [0.05, 0.1) is 17.6 Å². The highest BCUT2D eigenvalue weighted by Crippen LogP contribution is 2.29. The van der Waals surface area contributed by atoms with Crippen LogP contribution in [0, 0.1) is 10.1 Å². The third kappa shape index (κ3) is 3.91. The fourth-order valence-electron chi connectivity index (χ4n) is 2.12. The number of anilines is 1. The van der Waals surface area contributed by atoms with Crippen LogP contribution in [0.25, 0.3) is 0 Å². The number of nitro benzene ring substituents is 1. The Kier molecular flexibility index (Phi) is 5.32. The van der Waals surface area contributed by atoms with Crippen molar-refractivity contribution in [2.75, 3.05) is 11.9 Å². The van der Waals surface area contributed by atoms with E-state index in [0.29, 0.717) is 12.4 Å². The van der Waals surface area contributed by atoms with Gasteiger partial charge in [0.15, 0.2) is 0 Å². The molecule has 1 aromatic carbocycles. The molecule has 0 saturated carbocycles. The molecular weight excluding hydrogens is 332 g/mol. The normalized spacial score (nSPS) is 11.6. The average Bonchev–Trinajstić information content (AvgIpc) is 3.05. The molecule has 1 amide bonds. The van der Waals surface area contributed by atoms with Crippen LogP contribution in [0.4, 0.5) is 11.4 Å². The van der Waals surface area contributed by atoms with E-state index in [1.807, 2.05) is 0 Å². The summed E-state index contributed by atoms with van der Waals surface area (Å²) < 4.78 is 6.24. The van der Waals surface area contributed by atoms with Crippen LogP contribution in [0.3, 0.4) is 0 Å². The molecule has 10 heteroatoms. The molecule has 2 rings (SSSR count). The van der Waals surface area contributed by atoms with Crippen molar-refractivity contribution in [2.24, 2.45) is 0 Å². The van der Waals surface area contributed by atoms with E-state index in [-0.39, 0.29) is 17.1 Å². The Morgan fingerprint density at radius 1 is 1.44 bits per heavy atom. The Morgan fingerprint density at radius 2 is 2.16 bits per heavy atom. The molecule has 0 aliphatic heterocycles. The molecule has 1 unspecified atom stereocenters. The lowest BCUT2D eigenvalue weighted by atomic mass is 10.2. The first-order valence-corrected chi connectivity index (χ1v) is 7.34. The SMILES string of the molecule is CCOc1ccc(NC(=O)c2ccnn2C(C)C(=O)O)c([N+](=O)[O-])c1. The first-order valence-electron chi connectivity index (χ1n) is 7.34. The fourth-order valence-corrected chi connectivity index (χ4v) is 2.12. The highest BCUT2D eigenvalue weighted by Gasteiger charge is 2.23. The lowest BCUT2D eigenvalue weighted by Crippen LogP contribution is -2.24. The van der Waals surface area contributed by atoms with Gasteiger partial charge in [-0.3, -0.25) is 14.9 Å². The topological polar surface area (TPSA) is 137 Å². The summed E-state index contributed by atoms with van der Waals surface area (Å²) in [5.41, 5.74) is -0.399. The van der Waals surface area contributed by atoms with Crippen LogP contribution in [0.2, 0.25) is 0 Å². The molecule has 1 atom stereocenters. The van der Waals surface area contributed by atoms with E-state index >= 15 is 0 Å². The zero-order chi connectivity index (χ0) is 18.6. The van der Waals surface area contributed by atoms with E-state index in [2.05, 4.69) is 10.4 Å². The number of benzene rings is 1. The predicted molar refractivity (Wildman–Crippen MR) is 86.8 cm³/mol. The average molecular weight is 348 g/mol. The Hall–Kier alpha value is -3.43. The van der Waals surface area contributed by atoms with Gasteiger partial charge >= 0.3 is 5.97 Å². The van der Waals surface area contributed by atoms with Crippen molar-refractivity contribution in [3.8, 4) is 5.75 Å². The molecule has 0 aliphatic carbocycles. The number of ether oxygens (including phenoxy) is 1. The first-order chi connectivity index (χ1) is 11.8. The number of aromatic nitrogens is 2. The van der Waals surface area contributed by atoms with E-state index in [9.17, 15) is 19.7 Å². The van der Waals surface area contributed by atoms with Gasteiger partial charge in [-0.2, -0.15) is 5.10 Å². The minimum absolute atomic E-state index is 0.0296. The molecular formula is C15H16N4O6. The molecule has 2 aromatic rings. The van der Waals surface area contributed by atoms with Crippen LogP contribution >= 0.6 is 0 Å². The smallest absolute Gasteiger partial charge is 0.328 e. The molecule has 1 heterocycles. The maximum absolute atomic E-state index is 12.4. The number of aliphatic carboxylic acids is 1. The van der Waals surface area contributed by atoms with Crippen LogP contribution < -0.4 is 10.1 Å². The van der Waals surface area contributed by atoms with Crippen LogP contribution in [-0.4, -0.2) is 38.3 Å². The molecule has 0 aliphatic rings. The summed E-state index contributed by atoms with van der Waals surface area (Å²) in [5.74, 6) is -1.57. The quantitative estimate of drug-likeness (QED) is 0.577. The number of nitrogens with one attached hydrogen (secondary N) is 1. The minimum Gasteiger partial charge on any atom is -0.494 e. The van der Waals surface area contributed by atoms with Gasteiger partial charge in [0, 0.05) is 6.20 Å². The van der Waals surface area contributed by atoms with Gasteiger partial charge in [0.1, 0.15) is 23.2 Å². The monoisotopic (exact) mass is 348 g/mol. The van der Waals surface area contributed by atoms with Gasteiger partial charge in [0.25, 0.3) is 11.6 Å². The number of carboxylic acids is 1.